The summed E-state index contributed by atoms with van der Waals surface area (Å²) in [5.41, 5.74) is 1.29. The molecule has 4 rings (SSSR count). The molecule has 0 aliphatic carbocycles. The topological polar surface area (TPSA) is 83.6 Å². The summed E-state index contributed by atoms with van der Waals surface area (Å²) in [6.07, 6.45) is 0. The summed E-state index contributed by atoms with van der Waals surface area (Å²) in [5, 5.41) is 3.84. The number of halogens is 2. The average molecular weight is 547 g/mol. The number of para-hydroxylation sites is 2. The Morgan fingerprint density at radius 2 is 1.06 bits per heavy atom. The molecule has 35 heavy (non-hydrogen) atoms. The predicted molar refractivity (Wildman–Crippen MR) is 139 cm³/mol. The molecule has 0 saturated carbocycles. The highest BCUT2D eigenvalue weighted by atomic mass is 35.5. The lowest BCUT2D eigenvalue weighted by Crippen LogP contribution is -2.36. The fourth-order valence-electron chi connectivity index (χ4n) is 3.39. The van der Waals surface area contributed by atoms with Crippen molar-refractivity contribution in [2.75, 3.05) is 5.32 Å². The minimum absolute atomic E-state index is 0.140. The van der Waals surface area contributed by atoms with Crippen LogP contribution in [0.5, 0.6) is 0 Å². The van der Waals surface area contributed by atoms with Crippen molar-refractivity contribution in [3.63, 3.8) is 0 Å². The molecule has 0 heterocycles. The molecular weight excluding hydrogens is 527 g/mol. The first-order valence-corrected chi connectivity index (χ1v) is 14.0. The second kappa shape index (κ2) is 10.4. The summed E-state index contributed by atoms with van der Waals surface area (Å²) in [6.45, 7) is -0.459. The van der Waals surface area contributed by atoms with Gasteiger partial charge in [-0.25, -0.2) is 16.8 Å². The molecule has 4 aromatic rings. The largest absolute Gasteiger partial charge is 0.353 e. The first-order valence-electron chi connectivity index (χ1n) is 10.4. The number of nitrogens with one attached hydrogen (secondary N) is 1. The Kier molecular flexibility index (Phi) is 7.49. The zero-order chi connectivity index (χ0) is 25.1. The maximum absolute atomic E-state index is 13.6. The van der Waals surface area contributed by atoms with Crippen LogP contribution in [0.15, 0.2) is 113 Å². The lowest BCUT2D eigenvalue weighted by atomic mass is 10.1. The molecule has 0 spiro atoms. The maximum Gasteiger partial charge on any atom is 0.256 e. The Morgan fingerprint density at radius 3 is 1.57 bits per heavy atom. The highest BCUT2D eigenvalue weighted by Crippen LogP contribution is 2.35. The van der Waals surface area contributed by atoms with E-state index in [0.717, 1.165) is 0 Å². The number of benzene rings is 4. The van der Waals surface area contributed by atoms with Crippen molar-refractivity contribution in [3.05, 3.63) is 119 Å². The van der Waals surface area contributed by atoms with Crippen molar-refractivity contribution in [2.24, 2.45) is 0 Å². The van der Waals surface area contributed by atoms with Crippen LogP contribution >= 0.6 is 23.2 Å². The molecule has 0 atom stereocenters. The Balaban J connectivity index is 1.83. The monoisotopic (exact) mass is 546 g/mol. The van der Waals surface area contributed by atoms with E-state index in [9.17, 15) is 16.8 Å². The van der Waals surface area contributed by atoms with Gasteiger partial charge in [0.05, 0.1) is 32.1 Å². The van der Waals surface area contributed by atoms with Crippen LogP contribution in [-0.2, 0) is 26.6 Å². The quantitative estimate of drug-likeness (QED) is 0.279. The molecule has 0 amide bonds. The van der Waals surface area contributed by atoms with Crippen LogP contribution in [0.2, 0.25) is 10.0 Å². The molecule has 6 nitrogen and oxygen atoms in total. The standard InChI is InChI=1S/C25H20Cl2N2O4S2/c26-22-15-9-16-23(27)25(22)28-24-17-8-7-10-19(24)18-29(34(30,31)20-11-3-1-4-12-20)35(32,33)21-13-5-2-6-14-21/h1-17,28H,18H2. The summed E-state index contributed by atoms with van der Waals surface area (Å²) in [6, 6.07) is 26.7. The first-order chi connectivity index (χ1) is 16.7. The molecule has 0 saturated heterocycles. The molecule has 0 aromatic heterocycles. The minimum Gasteiger partial charge on any atom is -0.353 e. The van der Waals surface area contributed by atoms with E-state index in [1.54, 1.807) is 54.6 Å². The van der Waals surface area contributed by atoms with Gasteiger partial charge in [0.25, 0.3) is 20.0 Å². The van der Waals surface area contributed by atoms with Crippen LogP contribution < -0.4 is 5.32 Å². The van der Waals surface area contributed by atoms with Gasteiger partial charge in [-0.15, -0.1) is 0 Å². The third-order valence-corrected chi connectivity index (χ3v) is 10.0. The zero-order valence-corrected chi connectivity index (χ0v) is 21.3. The van der Waals surface area contributed by atoms with E-state index in [-0.39, 0.29) is 9.79 Å². The Morgan fingerprint density at radius 1 is 0.600 bits per heavy atom. The van der Waals surface area contributed by atoms with Crippen molar-refractivity contribution in [1.82, 2.24) is 3.71 Å². The van der Waals surface area contributed by atoms with Gasteiger partial charge in [0, 0.05) is 5.69 Å². The average Bonchev–Trinajstić information content (AvgIpc) is 2.86. The number of hydrogen-bond donors (Lipinski definition) is 1. The van der Waals surface area contributed by atoms with Gasteiger partial charge in [0.2, 0.25) is 0 Å². The summed E-state index contributed by atoms with van der Waals surface area (Å²) in [5.74, 6) is 0. The van der Waals surface area contributed by atoms with Crippen LogP contribution in [0, 0.1) is 0 Å². The molecule has 10 heteroatoms. The molecular formula is C25H20Cl2N2O4S2. The number of sulfonamides is 2. The number of anilines is 2. The highest BCUT2D eigenvalue weighted by molar-refractivity contribution is 8.04. The number of nitrogens with zero attached hydrogens (tertiary/aromatic N) is 1. The predicted octanol–water partition coefficient (Wildman–Crippen LogP) is 6.32. The van der Waals surface area contributed by atoms with Gasteiger partial charge < -0.3 is 5.32 Å². The maximum atomic E-state index is 13.6. The third-order valence-electron chi connectivity index (χ3n) is 5.16. The first kappa shape index (κ1) is 25.2. The smallest absolute Gasteiger partial charge is 0.256 e. The summed E-state index contributed by atoms with van der Waals surface area (Å²) < 4.78 is 55.0. The fraction of sp³-hybridized carbons (Fsp3) is 0.0400. The third kappa shape index (κ3) is 5.37. The van der Waals surface area contributed by atoms with Crippen LogP contribution in [0.25, 0.3) is 0 Å². The molecule has 0 fully saturated rings. The van der Waals surface area contributed by atoms with Gasteiger partial charge >= 0.3 is 0 Å². The second-order valence-corrected chi connectivity index (χ2v) is 12.2. The number of hydrogen-bond acceptors (Lipinski definition) is 5. The fourth-order valence-corrected chi connectivity index (χ4v) is 7.52. The molecule has 4 aromatic carbocycles. The molecule has 1 N–H and O–H groups in total. The van der Waals surface area contributed by atoms with Gasteiger partial charge in [-0.2, -0.15) is 0 Å². The Hall–Kier alpha value is -2.88. The van der Waals surface area contributed by atoms with Gasteiger partial charge in [0.15, 0.2) is 0 Å². The minimum atomic E-state index is -4.45. The lowest BCUT2D eigenvalue weighted by molar-refractivity contribution is 0.495. The molecule has 0 aliphatic rings. The molecule has 0 radical (unpaired) electrons. The summed E-state index contributed by atoms with van der Waals surface area (Å²) in [4.78, 5) is -0.279. The van der Waals surface area contributed by atoms with Crippen LogP contribution in [0.3, 0.4) is 0 Å². The van der Waals surface area contributed by atoms with Crippen LogP contribution in [0.4, 0.5) is 11.4 Å². The Labute approximate surface area is 214 Å². The van der Waals surface area contributed by atoms with E-state index in [0.29, 0.717) is 30.7 Å². The van der Waals surface area contributed by atoms with Crippen molar-refractivity contribution in [3.8, 4) is 0 Å². The van der Waals surface area contributed by atoms with Crippen LogP contribution in [0.1, 0.15) is 5.56 Å². The molecule has 0 unspecified atom stereocenters. The molecule has 180 valence electrons. The van der Waals surface area contributed by atoms with Gasteiger partial charge in [0.1, 0.15) is 0 Å². The van der Waals surface area contributed by atoms with E-state index in [1.807, 2.05) is 0 Å². The highest BCUT2D eigenvalue weighted by Gasteiger charge is 2.37. The van der Waals surface area contributed by atoms with Gasteiger partial charge in [-0.1, -0.05) is 87.6 Å². The summed E-state index contributed by atoms with van der Waals surface area (Å²) in [7, 11) is -8.89. The van der Waals surface area contributed by atoms with Gasteiger partial charge in [-0.05, 0) is 48.0 Å². The zero-order valence-electron chi connectivity index (χ0n) is 18.2. The van der Waals surface area contributed by atoms with E-state index >= 15 is 0 Å². The molecule has 0 aliphatic heterocycles. The van der Waals surface area contributed by atoms with E-state index in [4.69, 9.17) is 23.2 Å². The van der Waals surface area contributed by atoms with E-state index in [1.165, 1.54) is 48.5 Å². The van der Waals surface area contributed by atoms with Crippen molar-refractivity contribution < 1.29 is 16.8 Å². The normalized spacial score (nSPS) is 12.0. The Bertz CT molecular complexity index is 1460. The van der Waals surface area contributed by atoms with E-state index in [2.05, 4.69) is 5.32 Å². The SMILES string of the molecule is O=S(=O)(c1ccccc1)N(Cc1ccccc1Nc1c(Cl)cccc1Cl)S(=O)(=O)c1ccccc1. The van der Waals surface area contributed by atoms with E-state index < -0.39 is 26.6 Å². The second-order valence-electron chi connectivity index (χ2n) is 7.45. The van der Waals surface area contributed by atoms with Crippen LogP contribution in [-0.4, -0.2) is 20.5 Å². The van der Waals surface area contributed by atoms with Gasteiger partial charge in [-0.3, -0.25) is 0 Å². The van der Waals surface area contributed by atoms with Crippen molar-refractivity contribution >= 4 is 54.6 Å². The lowest BCUT2D eigenvalue weighted by Gasteiger charge is -2.24. The number of rotatable bonds is 8. The molecule has 0 bridgehead atoms. The van der Waals surface area contributed by atoms with Crippen molar-refractivity contribution in [2.45, 2.75) is 16.3 Å². The summed E-state index contributed by atoms with van der Waals surface area (Å²) >= 11 is 12.6. The van der Waals surface area contributed by atoms with Crippen molar-refractivity contribution in [1.29, 1.82) is 0 Å².